The van der Waals surface area contributed by atoms with Crippen molar-refractivity contribution >= 4 is 5.69 Å². The lowest BCUT2D eigenvalue weighted by Crippen LogP contribution is -2.44. The largest absolute Gasteiger partial charge is 0.389 e. The van der Waals surface area contributed by atoms with Crippen molar-refractivity contribution in [3.05, 3.63) is 29.8 Å². The predicted octanol–water partition coefficient (Wildman–Crippen LogP) is -0.209. The lowest BCUT2D eigenvalue weighted by atomic mass is 10.0. The number of aliphatic hydroxyl groups is 2. The molecule has 5 nitrogen and oxygen atoms in total. The van der Waals surface area contributed by atoms with Gasteiger partial charge in [0.2, 0.25) is 0 Å². The fourth-order valence-electron chi connectivity index (χ4n) is 2.30. The van der Waals surface area contributed by atoms with Gasteiger partial charge in [0.05, 0.1) is 6.10 Å². The van der Waals surface area contributed by atoms with E-state index in [0.29, 0.717) is 5.56 Å². The lowest BCUT2D eigenvalue weighted by Gasteiger charge is -2.34. The molecule has 2 unspecified atom stereocenters. The molecule has 5 heteroatoms. The van der Waals surface area contributed by atoms with Crippen molar-refractivity contribution in [3.63, 3.8) is 0 Å². The molecule has 4 N–H and O–H groups in total. The first-order chi connectivity index (χ1) is 9.11. The van der Waals surface area contributed by atoms with Crippen LogP contribution >= 0.6 is 0 Å². The Morgan fingerprint density at radius 3 is 2.21 bits per heavy atom. The van der Waals surface area contributed by atoms with E-state index < -0.39 is 12.2 Å². The molecular weight excluding hydrogens is 242 g/mol. The van der Waals surface area contributed by atoms with Gasteiger partial charge in [-0.05, 0) is 24.7 Å². The van der Waals surface area contributed by atoms with Crippen molar-refractivity contribution < 1.29 is 10.2 Å². The summed E-state index contributed by atoms with van der Waals surface area (Å²) < 4.78 is 0. The Hall–Kier alpha value is -1.14. The summed E-state index contributed by atoms with van der Waals surface area (Å²) in [5, 5.41) is 19.4. The quantitative estimate of drug-likeness (QED) is 0.702. The highest BCUT2D eigenvalue weighted by molar-refractivity contribution is 5.48. The molecule has 1 heterocycles. The Morgan fingerprint density at radius 1 is 1.11 bits per heavy atom. The molecule has 0 aromatic heterocycles. The standard InChI is InChI=1S/C14H23N3O2/c1-16-6-8-17(9-7-16)12-4-2-11(3-5-12)14(19)13(18)10-15/h2-5,13-14,18-19H,6-10,15H2,1H3. The smallest absolute Gasteiger partial charge is 0.106 e. The molecule has 2 atom stereocenters. The number of nitrogens with two attached hydrogens (primary N) is 1. The zero-order valence-corrected chi connectivity index (χ0v) is 11.4. The van der Waals surface area contributed by atoms with E-state index >= 15 is 0 Å². The second-order valence-electron chi connectivity index (χ2n) is 5.13. The molecule has 1 aromatic rings. The molecule has 0 bridgehead atoms. The van der Waals surface area contributed by atoms with E-state index in [-0.39, 0.29) is 6.54 Å². The maximum absolute atomic E-state index is 9.87. The topological polar surface area (TPSA) is 73.0 Å². The summed E-state index contributed by atoms with van der Waals surface area (Å²) in [4.78, 5) is 4.64. The predicted molar refractivity (Wildman–Crippen MR) is 76.2 cm³/mol. The highest BCUT2D eigenvalue weighted by Gasteiger charge is 2.18. The van der Waals surface area contributed by atoms with Gasteiger partial charge in [-0.15, -0.1) is 0 Å². The van der Waals surface area contributed by atoms with Crippen LogP contribution in [-0.4, -0.2) is 61.0 Å². The van der Waals surface area contributed by atoms with Gasteiger partial charge in [0.25, 0.3) is 0 Å². The average molecular weight is 265 g/mol. The monoisotopic (exact) mass is 265 g/mol. The van der Waals surface area contributed by atoms with Crippen molar-refractivity contribution in [1.29, 1.82) is 0 Å². The Kier molecular flexibility index (Phi) is 4.76. The van der Waals surface area contributed by atoms with Crippen LogP contribution in [0.2, 0.25) is 0 Å². The summed E-state index contributed by atoms with van der Waals surface area (Å²) in [6.07, 6.45) is -1.82. The highest BCUT2D eigenvalue weighted by Crippen LogP contribution is 2.22. The number of benzene rings is 1. The number of anilines is 1. The first kappa shape index (κ1) is 14.3. The number of likely N-dealkylation sites (N-methyl/N-ethyl adjacent to an activating group) is 1. The second kappa shape index (κ2) is 6.34. The summed E-state index contributed by atoms with van der Waals surface area (Å²) in [5.74, 6) is 0. The van der Waals surface area contributed by atoms with Crippen LogP contribution in [0.15, 0.2) is 24.3 Å². The Balaban J connectivity index is 2.02. The van der Waals surface area contributed by atoms with Gasteiger partial charge in [-0.2, -0.15) is 0 Å². The number of hydrogen-bond acceptors (Lipinski definition) is 5. The molecule has 0 spiro atoms. The van der Waals surface area contributed by atoms with Crippen LogP contribution in [0.4, 0.5) is 5.69 Å². The maximum Gasteiger partial charge on any atom is 0.106 e. The third-order valence-electron chi connectivity index (χ3n) is 3.71. The van der Waals surface area contributed by atoms with Crippen LogP contribution in [-0.2, 0) is 0 Å². The molecule has 19 heavy (non-hydrogen) atoms. The van der Waals surface area contributed by atoms with Gasteiger partial charge >= 0.3 is 0 Å². The molecule has 1 aliphatic rings. The zero-order valence-electron chi connectivity index (χ0n) is 11.4. The number of hydrogen-bond donors (Lipinski definition) is 3. The van der Waals surface area contributed by atoms with Crippen molar-refractivity contribution in [3.8, 4) is 0 Å². The van der Waals surface area contributed by atoms with Crippen LogP contribution in [0.25, 0.3) is 0 Å². The van der Waals surface area contributed by atoms with Crippen molar-refractivity contribution in [2.75, 3.05) is 44.7 Å². The molecule has 0 amide bonds. The van der Waals surface area contributed by atoms with E-state index in [4.69, 9.17) is 5.73 Å². The number of aliphatic hydroxyl groups excluding tert-OH is 2. The van der Waals surface area contributed by atoms with Gasteiger partial charge in [-0.1, -0.05) is 12.1 Å². The van der Waals surface area contributed by atoms with Crippen molar-refractivity contribution in [2.45, 2.75) is 12.2 Å². The summed E-state index contributed by atoms with van der Waals surface area (Å²) >= 11 is 0. The zero-order chi connectivity index (χ0) is 13.8. The van der Waals surface area contributed by atoms with E-state index in [2.05, 4.69) is 16.8 Å². The minimum absolute atomic E-state index is 0.0569. The van der Waals surface area contributed by atoms with E-state index in [9.17, 15) is 10.2 Å². The summed E-state index contributed by atoms with van der Waals surface area (Å²) in [7, 11) is 2.13. The molecule has 1 saturated heterocycles. The van der Waals surface area contributed by atoms with Gasteiger partial charge in [-0.25, -0.2) is 0 Å². The van der Waals surface area contributed by atoms with Gasteiger partial charge in [0, 0.05) is 38.4 Å². The van der Waals surface area contributed by atoms with E-state index in [1.54, 1.807) is 0 Å². The first-order valence-electron chi connectivity index (χ1n) is 6.71. The van der Waals surface area contributed by atoms with E-state index in [1.807, 2.05) is 24.3 Å². The van der Waals surface area contributed by atoms with Crippen LogP contribution in [0.5, 0.6) is 0 Å². The van der Waals surface area contributed by atoms with Crippen LogP contribution in [0, 0.1) is 0 Å². The fourth-order valence-corrected chi connectivity index (χ4v) is 2.30. The molecule has 1 aromatic carbocycles. The minimum Gasteiger partial charge on any atom is -0.389 e. The third-order valence-corrected chi connectivity index (χ3v) is 3.71. The van der Waals surface area contributed by atoms with Crippen molar-refractivity contribution in [1.82, 2.24) is 4.90 Å². The first-order valence-corrected chi connectivity index (χ1v) is 6.71. The van der Waals surface area contributed by atoms with Crippen LogP contribution in [0.1, 0.15) is 11.7 Å². The second-order valence-corrected chi connectivity index (χ2v) is 5.13. The molecule has 106 valence electrons. The summed E-state index contributed by atoms with van der Waals surface area (Å²) in [6.45, 7) is 4.22. The lowest BCUT2D eigenvalue weighted by molar-refractivity contribution is 0.0243. The van der Waals surface area contributed by atoms with Crippen LogP contribution < -0.4 is 10.6 Å². The molecule has 1 aliphatic heterocycles. The Morgan fingerprint density at radius 2 is 1.68 bits per heavy atom. The molecule has 2 rings (SSSR count). The molecule has 0 saturated carbocycles. The SMILES string of the molecule is CN1CCN(c2ccc(C(O)C(O)CN)cc2)CC1. The van der Waals surface area contributed by atoms with Crippen molar-refractivity contribution in [2.24, 2.45) is 5.73 Å². The highest BCUT2D eigenvalue weighted by atomic mass is 16.3. The van der Waals surface area contributed by atoms with E-state index in [0.717, 1.165) is 31.9 Å². The molecule has 0 aliphatic carbocycles. The third kappa shape index (κ3) is 3.45. The minimum atomic E-state index is -0.911. The van der Waals surface area contributed by atoms with Gasteiger partial charge in [0.15, 0.2) is 0 Å². The van der Waals surface area contributed by atoms with Gasteiger partial charge in [-0.3, -0.25) is 0 Å². The number of piperazine rings is 1. The van der Waals surface area contributed by atoms with Gasteiger partial charge in [0.1, 0.15) is 6.10 Å². The normalized spacial score (nSPS) is 20.3. The molecular formula is C14H23N3O2. The Labute approximate surface area is 114 Å². The van der Waals surface area contributed by atoms with Crippen LogP contribution in [0.3, 0.4) is 0 Å². The fraction of sp³-hybridized carbons (Fsp3) is 0.571. The van der Waals surface area contributed by atoms with E-state index in [1.165, 1.54) is 0 Å². The molecule has 0 radical (unpaired) electrons. The number of rotatable bonds is 4. The average Bonchev–Trinajstić information content (AvgIpc) is 2.46. The summed E-state index contributed by atoms with van der Waals surface area (Å²) in [6, 6.07) is 7.70. The molecule has 1 fully saturated rings. The maximum atomic E-state index is 9.87. The van der Waals surface area contributed by atoms with Gasteiger partial charge < -0.3 is 25.7 Å². The number of nitrogens with zero attached hydrogens (tertiary/aromatic N) is 2. The summed E-state index contributed by atoms with van der Waals surface area (Å²) in [5.41, 5.74) is 7.21. The Bertz CT molecular complexity index is 388.